The summed E-state index contributed by atoms with van der Waals surface area (Å²) in [5.41, 5.74) is 2.43. The van der Waals surface area contributed by atoms with Crippen LogP contribution in [0, 0.1) is 0 Å². The molecule has 0 aromatic heterocycles. The molecule has 152 valence electrons. The number of hydrogen-bond acceptors (Lipinski definition) is 4. The molecule has 5 heteroatoms. The SMILES string of the molecule is CC[C@H](NC(c1ccccc1)(c1ccccc1)c1ccccc1)P(=O)(OC)OC. The molecule has 3 aromatic rings. The highest BCUT2D eigenvalue weighted by Gasteiger charge is 2.43. The molecule has 3 aromatic carbocycles. The summed E-state index contributed by atoms with van der Waals surface area (Å²) in [4.78, 5) is 0. The van der Waals surface area contributed by atoms with Gasteiger partial charge < -0.3 is 9.05 Å². The van der Waals surface area contributed by atoms with Gasteiger partial charge in [0, 0.05) is 14.2 Å². The Kier molecular flexibility index (Phi) is 7.05. The molecule has 1 atom stereocenters. The first kappa shape index (κ1) is 21.5. The van der Waals surface area contributed by atoms with E-state index in [9.17, 15) is 4.57 Å². The minimum absolute atomic E-state index is 0.502. The average molecular weight is 409 g/mol. The van der Waals surface area contributed by atoms with Crippen molar-refractivity contribution in [3.63, 3.8) is 0 Å². The van der Waals surface area contributed by atoms with Crippen molar-refractivity contribution in [1.82, 2.24) is 5.32 Å². The minimum atomic E-state index is -3.36. The van der Waals surface area contributed by atoms with Gasteiger partial charge in [-0.1, -0.05) is 97.9 Å². The van der Waals surface area contributed by atoms with Crippen molar-refractivity contribution in [3.05, 3.63) is 108 Å². The molecule has 0 unspecified atom stereocenters. The van der Waals surface area contributed by atoms with Gasteiger partial charge in [0.1, 0.15) is 5.78 Å². The molecule has 0 saturated carbocycles. The van der Waals surface area contributed by atoms with Crippen LogP contribution in [0.3, 0.4) is 0 Å². The summed E-state index contributed by atoms with van der Waals surface area (Å²) in [6.45, 7) is 1.98. The maximum Gasteiger partial charge on any atom is 0.346 e. The molecular formula is C24H28NO3P. The number of hydrogen-bond donors (Lipinski definition) is 1. The monoisotopic (exact) mass is 409 g/mol. The number of rotatable bonds is 9. The van der Waals surface area contributed by atoms with E-state index in [0.29, 0.717) is 6.42 Å². The van der Waals surface area contributed by atoms with Crippen molar-refractivity contribution in [2.24, 2.45) is 0 Å². The maximum atomic E-state index is 13.3. The van der Waals surface area contributed by atoms with E-state index in [-0.39, 0.29) is 0 Å². The third-order valence-corrected chi connectivity index (χ3v) is 7.56. The van der Waals surface area contributed by atoms with Crippen LogP contribution in [-0.2, 0) is 19.2 Å². The molecule has 0 saturated heterocycles. The Bertz CT molecular complexity index is 827. The Labute approximate surface area is 173 Å². The molecule has 0 radical (unpaired) electrons. The quantitative estimate of drug-likeness (QED) is 0.359. The first-order valence-corrected chi connectivity index (χ1v) is 11.4. The standard InChI is InChI=1S/C24H28NO3P/c1-4-23(29(26,27-2)28-3)25-24(20-14-8-5-9-15-20,21-16-10-6-11-17-21)22-18-12-7-13-19-22/h5-19,23,25H,4H2,1-3H3/t23-/m1/s1. The van der Waals surface area contributed by atoms with E-state index in [1.807, 2.05) is 61.5 Å². The summed E-state index contributed by atoms with van der Waals surface area (Å²) < 4.78 is 24.1. The second-order valence-corrected chi connectivity index (χ2v) is 9.25. The van der Waals surface area contributed by atoms with Crippen LogP contribution >= 0.6 is 7.60 Å². The first-order chi connectivity index (χ1) is 14.1. The van der Waals surface area contributed by atoms with Crippen LogP contribution < -0.4 is 5.32 Å². The van der Waals surface area contributed by atoms with Gasteiger partial charge in [-0.2, -0.15) is 0 Å². The van der Waals surface area contributed by atoms with Crippen LogP contribution in [0.15, 0.2) is 91.0 Å². The molecule has 0 heterocycles. The zero-order valence-corrected chi connectivity index (χ0v) is 18.0. The number of benzene rings is 3. The molecule has 0 aliphatic heterocycles. The Morgan fingerprint density at radius 3 is 1.38 bits per heavy atom. The Hall–Kier alpha value is -2.23. The van der Waals surface area contributed by atoms with Gasteiger partial charge in [0.05, 0.1) is 5.54 Å². The highest BCUT2D eigenvalue weighted by atomic mass is 31.2. The van der Waals surface area contributed by atoms with Crippen LogP contribution in [0.5, 0.6) is 0 Å². The predicted molar refractivity (Wildman–Crippen MR) is 118 cm³/mol. The van der Waals surface area contributed by atoms with E-state index in [0.717, 1.165) is 16.7 Å². The first-order valence-electron chi connectivity index (χ1n) is 9.76. The summed E-state index contributed by atoms with van der Waals surface area (Å²) >= 11 is 0. The van der Waals surface area contributed by atoms with Crippen LogP contribution in [-0.4, -0.2) is 20.0 Å². The molecule has 0 aliphatic carbocycles. The zero-order valence-electron chi connectivity index (χ0n) is 17.1. The van der Waals surface area contributed by atoms with Gasteiger partial charge in [-0.15, -0.1) is 0 Å². The number of nitrogens with one attached hydrogen (secondary N) is 1. The molecule has 0 amide bonds. The summed E-state index contributed by atoms with van der Waals surface area (Å²) in [5, 5.41) is 3.70. The zero-order chi connectivity index (χ0) is 20.7. The van der Waals surface area contributed by atoms with Gasteiger partial charge in [0.15, 0.2) is 0 Å². The lowest BCUT2D eigenvalue weighted by molar-refractivity contribution is 0.249. The molecule has 0 fully saturated rings. The Balaban J connectivity index is 2.29. The largest absolute Gasteiger partial charge is 0.346 e. The third-order valence-electron chi connectivity index (χ3n) is 5.28. The van der Waals surface area contributed by atoms with Gasteiger partial charge in [-0.3, -0.25) is 9.88 Å². The Morgan fingerprint density at radius 1 is 0.759 bits per heavy atom. The lowest BCUT2D eigenvalue weighted by atomic mass is 9.77. The topological polar surface area (TPSA) is 47.6 Å². The molecule has 29 heavy (non-hydrogen) atoms. The maximum absolute atomic E-state index is 13.3. The smallest absolute Gasteiger partial charge is 0.311 e. The molecule has 1 N–H and O–H groups in total. The van der Waals surface area contributed by atoms with Crippen LogP contribution in [0.2, 0.25) is 0 Å². The van der Waals surface area contributed by atoms with E-state index >= 15 is 0 Å². The second-order valence-electron chi connectivity index (χ2n) is 6.82. The van der Waals surface area contributed by atoms with Gasteiger partial charge in [-0.25, -0.2) is 0 Å². The lowest BCUT2D eigenvalue weighted by Crippen LogP contribution is -2.49. The van der Waals surface area contributed by atoms with Crippen LogP contribution in [0.4, 0.5) is 0 Å². The molecule has 3 rings (SSSR count). The van der Waals surface area contributed by atoms with E-state index in [4.69, 9.17) is 9.05 Å². The summed E-state index contributed by atoms with van der Waals surface area (Å²) in [7, 11) is -0.491. The normalized spacial score (nSPS) is 13.2. The minimum Gasteiger partial charge on any atom is -0.311 e. The van der Waals surface area contributed by atoms with Crippen molar-refractivity contribution in [1.29, 1.82) is 0 Å². The van der Waals surface area contributed by atoms with Gasteiger partial charge in [0.2, 0.25) is 0 Å². The van der Waals surface area contributed by atoms with E-state index in [1.165, 1.54) is 14.2 Å². The van der Waals surface area contributed by atoms with Gasteiger partial charge in [0.25, 0.3) is 0 Å². The lowest BCUT2D eigenvalue weighted by Gasteiger charge is -2.41. The van der Waals surface area contributed by atoms with E-state index in [1.54, 1.807) is 0 Å². The van der Waals surface area contributed by atoms with Gasteiger partial charge >= 0.3 is 7.60 Å². The summed E-state index contributed by atoms with van der Waals surface area (Å²) in [6.07, 6.45) is 0.577. The fraction of sp³-hybridized carbons (Fsp3) is 0.250. The van der Waals surface area contributed by atoms with Crippen molar-refractivity contribution in [2.75, 3.05) is 14.2 Å². The summed E-state index contributed by atoms with van der Waals surface area (Å²) in [6, 6.07) is 30.6. The van der Waals surface area contributed by atoms with Crippen LogP contribution in [0.25, 0.3) is 0 Å². The van der Waals surface area contributed by atoms with Crippen molar-refractivity contribution in [3.8, 4) is 0 Å². The molecular weight excluding hydrogens is 381 g/mol. The molecule has 0 bridgehead atoms. The third kappa shape index (κ3) is 4.22. The second kappa shape index (κ2) is 9.51. The van der Waals surface area contributed by atoms with Gasteiger partial charge in [-0.05, 0) is 23.1 Å². The Morgan fingerprint density at radius 2 is 1.10 bits per heavy atom. The molecule has 4 nitrogen and oxygen atoms in total. The highest BCUT2D eigenvalue weighted by molar-refractivity contribution is 7.54. The predicted octanol–water partition coefficient (Wildman–Crippen LogP) is 5.79. The molecule has 0 aliphatic rings. The van der Waals surface area contributed by atoms with Crippen LogP contribution in [0.1, 0.15) is 30.0 Å². The van der Waals surface area contributed by atoms with Crippen molar-refractivity contribution >= 4 is 7.60 Å². The molecule has 0 spiro atoms. The fourth-order valence-corrected chi connectivity index (χ4v) is 5.26. The van der Waals surface area contributed by atoms with Crippen molar-refractivity contribution < 1.29 is 13.6 Å². The van der Waals surface area contributed by atoms with E-state index in [2.05, 4.69) is 41.7 Å². The van der Waals surface area contributed by atoms with Crippen molar-refractivity contribution in [2.45, 2.75) is 24.7 Å². The fourth-order valence-electron chi connectivity index (χ4n) is 3.80. The average Bonchev–Trinajstić information content (AvgIpc) is 2.81. The summed E-state index contributed by atoms with van der Waals surface area (Å²) in [5.74, 6) is -0.502. The highest BCUT2D eigenvalue weighted by Crippen LogP contribution is 2.53. The van der Waals surface area contributed by atoms with E-state index < -0.39 is 18.9 Å².